The molecule has 4 heteroatoms. The SMILES string of the molecule is CNc1ccno1.Cl. The van der Waals surface area contributed by atoms with Crippen molar-refractivity contribution in [3.05, 3.63) is 12.3 Å². The van der Waals surface area contributed by atoms with Crippen molar-refractivity contribution < 1.29 is 4.52 Å². The molecule has 0 aliphatic carbocycles. The van der Waals surface area contributed by atoms with Gasteiger partial charge in [-0.25, -0.2) is 0 Å². The van der Waals surface area contributed by atoms with Gasteiger partial charge in [0.15, 0.2) is 0 Å². The maximum atomic E-state index is 4.62. The summed E-state index contributed by atoms with van der Waals surface area (Å²) in [6.45, 7) is 0. The number of rotatable bonds is 1. The van der Waals surface area contributed by atoms with Gasteiger partial charge in [-0.2, -0.15) is 0 Å². The van der Waals surface area contributed by atoms with Gasteiger partial charge in [-0.15, -0.1) is 12.4 Å². The molecule has 0 saturated heterocycles. The van der Waals surface area contributed by atoms with Crippen molar-refractivity contribution in [2.24, 2.45) is 0 Å². The molecule has 0 spiro atoms. The van der Waals surface area contributed by atoms with Gasteiger partial charge in [0, 0.05) is 13.1 Å². The molecule has 1 heterocycles. The first-order valence-electron chi connectivity index (χ1n) is 2.02. The number of anilines is 1. The average molecular weight is 135 g/mol. The monoisotopic (exact) mass is 134 g/mol. The van der Waals surface area contributed by atoms with Crippen LogP contribution in [-0.2, 0) is 0 Å². The van der Waals surface area contributed by atoms with E-state index in [1.807, 2.05) is 0 Å². The zero-order chi connectivity index (χ0) is 5.11. The van der Waals surface area contributed by atoms with E-state index >= 15 is 0 Å². The second-order valence-electron chi connectivity index (χ2n) is 1.13. The van der Waals surface area contributed by atoms with Gasteiger partial charge in [0.2, 0.25) is 5.88 Å². The largest absolute Gasteiger partial charge is 0.357 e. The molecule has 8 heavy (non-hydrogen) atoms. The Morgan fingerprint density at radius 1 is 1.75 bits per heavy atom. The fourth-order valence-electron chi connectivity index (χ4n) is 0.345. The molecule has 46 valence electrons. The molecule has 1 aromatic heterocycles. The Morgan fingerprint density at radius 2 is 2.50 bits per heavy atom. The fraction of sp³-hybridized carbons (Fsp3) is 0.250. The van der Waals surface area contributed by atoms with E-state index in [9.17, 15) is 0 Å². The zero-order valence-electron chi connectivity index (χ0n) is 4.42. The van der Waals surface area contributed by atoms with Crippen LogP contribution in [0.2, 0.25) is 0 Å². The minimum atomic E-state index is 0. The summed E-state index contributed by atoms with van der Waals surface area (Å²) in [5.41, 5.74) is 0. The van der Waals surface area contributed by atoms with Crippen LogP contribution in [0.3, 0.4) is 0 Å². The third-order valence-electron chi connectivity index (χ3n) is 0.684. The van der Waals surface area contributed by atoms with E-state index in [1.165, 1.54) is 0 Å². The van der Waals surface area contributed by atoms with Gasteiger partial charge in [-0.3, -0.25) is 0 Å². The number of nitrogens with zero attached hydrogens (tertiary/aromatic N) is 1. The second kappa shape index (κ2) is 3.32. The molecule has 0 aliphatic rings. The predicted octanol–water partition coefficient (Wildman–Crippen LogP) is 1.14. The van der Waals surface area contributed by atoms with Crippen molar-refractivity contribution >= 4 is 18.3 Å². The smallest absolute Gasteiger partial charge is 0.224 e. The Kier molecular flexibility index (Phi) is 3.03. The highest BCUT2D eigenvalue weighted by Gasteiger charge is 1.84. The standard InChI is InChI=1S/C4H6N2O.ClH/c1-5-4-2-3-6-7-4;/h2-3,5H,1H3;1H. The molecule has 0 amide bonds. The van der Waals surface area contributed by atoms with Crippen molar-refractivity contribution in [3.8, 4) is 0 Å². The lowest BCUT2D eigenvalue weighted by atomic mass is 10.7. The maximum Gasteiger partial charge on any atom is 0.224 e. The van der Waals surface area contributed by atoms with E-state index in [4.69, 9.17) is 0 Å². The summed E-state index contributed by atoms with van der Waals surface area (Å²) in [4.78, 5) is 0. The molecule has 0 aromatic carbocycles. The molecule has 0 radical (unpaired) electrons. The van der Waals surface area contributed by atoms with E-state index in [-0.39, 0.29) is 12.4 Å². The van der Waals surface area contributed by atoms with Gasteiger partial charge in [0.25, 0.3) is 0 Å². The summed E-state index contributed by atoms with van der Waals surface area (Å²) in [5.74, 6) is 0.694. The van der Waals surface area contributed by atoms with Crippen LogP contribution in [0, 0.1) is 0 Å². The van der Waals surface area contributed by atoms with Crippen LogP contribution in [-0.4, -0.2) is 12.2 Å². The van der Waals surface area contributed by atoms with E-state index < -0.39 is 0 Å². The topological polar surface area (TPSA) is 38.1 Å². The molecule has 0 aliphatic heterocycles. The van der Waals surface area contributed by atoms with Gasteiger partial charge in [-0.1, -0.05) is 5.16 Å². The molecule has 0 fully saturated rings. The Balaban J connectivity index is 0.000000490. The first-order valence-corrected chi connectivity index (χ1v) is 2.02. The lowest BCUT2D eigenvalue weighted by Gasteiger charge is -1.83. The van der Waals surface area contributed by atoms with Crippen LogP contribution in [0.1, 0.15) is 0 Å². The van der Waals surface area contributed by atoms with E-state index in [1.54, 1.807) is 19.3 Å². The van der Waals surface area contributed by atoms with E-state index in [2.05, 4.69) is 15.0 Å². The van der Waals surface area contributed by atoms with E-state index in [0.717, 1.165) is 0 Å². The second-order valence-corrected chi connectivity index (χ2v) is 1.13. The molecule has 1 rings (SSSR count). The highest BCUT2D eigenvalue weighted by molar-refractivity contribution is 5.85. The number of aromatic nitrogens is 1. The molecular formula is C4H7ClN2O. The third-order valence-corrected chi connectivity index (χ3v) is 0.684. The summed E-state index contributed by atoms with van der Waals surface area (Å²) in [6.07, 6.45) is 1.59. The molecule has 1 aromatic rings. The normalized spacial score (nSPS) is 7.62. The highest BCUT2D eigenvalue weighted by Crippen LogP contribution is 1.99. The first-order chi connectivity index (χ1) is 3.43. The van der Waals surface area contributed by atoms with Gasteiger partial charge < -0.3 is 9.84 Å². The van der Waals surface area contributed by atoms with Gasteiger partial charge in [0.05, 0.1) is 6.20 Å². The third kappa shape index (κ3) is 1.42. The average Bonchev–Trinajstić information content (AvgIpc) is 2.14. The lowest BCUT2D eigenvalue weighted by molar-refractivity contribution is 0.434. The maximum absolute atomic E-state index is 4.62. The van der Waals surface area contributed by atoms with Crippen molar-refractivity contribution in [2.75, 3.05) is 12.4 Å². The van der Waals surface area contributed by atoms with Crippen LogP contribution >= 0.6 is 12.4 Å². The minimum Gasteiger partial charge on any atom is -0.357 e. The molecule has 1 N–H and O–H groups in total. The molecule has 3 nitrogen and oxygen atoms in total. The van der Waals surface area contributed by atoms with Gasteiger partial charge >= 0.3 is 0 Å². The van der Waals surface area contributed by atoms with Crippen molar-refractivity contribution in [2.45, 2.75) is 0 Å². The Bertz CT molecular complexity index is 129. The number of nitrogens with one attached hydrogen (secondary N) is 1. The fourth-order valence-corrected chi connectivity index (χ4v) is 0.345. The number of hydrogen-bond donors (Lipinski definition) is 1. The molecule has 0 unspecified atom stereocenters. The first kappa shape index (κ1) is 7.30. The predicted molar refractivity (Wildman–Crippen MR) is 33.3 cm³/mol. The quantitative estimate of drug-likeness (QED) is 0.626. The zero-order valence-corrected chi connectivity index (χ0v) is 5.23. The summed E-state index contributed by atoms with van der Waals surface area (Å²) in [6, 6.07) is 1.75. The molecule has 0 atom stereocenters. The van der Waals surface area contributed by atoms with Crippen molar-refractivity contribution in [3.63, 3.8) is 0 Å². The summed E-state index contributed by atoms with van der Waals surface area (Å²) >= 11 is 0. The summed E-state index contributed by atoms with van der Waals surface area (Å²) < 4.78 is 4.62. The van der Waals surface area contributed by atoms with Crippen LogP contribution in [0.25, 0.3) is 0 Å². The van der Waals surface area contributed by atoms with Crippen LogP contribution in [0.15, 0.2) is 16.8 Å². The molecule has 0 bridgehead atoms. The number of halogens is 1. The van der Waals surface area contributed by atoms with Gasteiger partial charge in [-0.05, 0) is 0 Å². The highest BCUT2D eigenvalue weighted by atomic mass is 35.5. The lowest BCUT2D eigenvalue weighted by Crippen LogP contribution is -1.81. The number of hydrogen-bond acceptors (Lipinski definition) is 3. The van der Waals surface area contributed by atoms with Crippen LogP contribution in [0.4, 0.5) is 5.88 Å². The van der Waals surface area contributed by atoms with E-state index in [0.29, 0.717) is 5.88 Å². The minimum absolute atomic E-state index is 0. The molecule has 0 saturated carbocycles. The van der Waals surface area contributed by atoms with Crippen molar-refractivity contribution in [1.29, 1.82) is 0 Å². The molecular weight excluding hydrogens is 128 g/mol. The summed E-state index contributed by atoms with van der Waals surface area (Å²) in [7, 11) is 1.78. The van der Waals surface area contributed by atoms with Crippen LogP contribution < -0.4 is 5.32 Å². The Morgan fingerprint density at radius 3 is 2.75 bits per heavy atom. The van der Waals surface area contributed by atoms with Crippen molar-refractivity contribution in [1.82, 2.24) is 5.16 Å². The Labute approximate surface area is 53.5 Å². The van der Waals surface area contributed by atoms with Gasteiger partial charge in [0.1, 0.15) is 0 Å². The summed E-state index contributed by atoms with van der Waals surface area (Å²) in [5, 5.41) is 6.23. The Hall–Kier alpha value is -0.700. The van der Waals surface area contributed by atoms with Crippen LogP contribution in [0.5, 0.6) is 0 Å².